The van der Waals surface area contributed by atoms with E-state index in [1.165, 1.54) is 7.11 Å². The highest BCUT2D eigenvalue weighted by Crippen LogP contribution is 2.42. The summed E-state index contributed by atoms with van der Waals surface area (Å²) in [7, 11) is 1.42. The number of carbonyl (C=O) groups excluding carboxylic acids is 1. The summed E-state index contributed by atoms with van der Waals surface area (Å²) in [4.78, 5) is 16.0. The van der Waals surface area contributed by atoms with Crippen LogP contribution in [0, 0.1) is 0 Å². The van der Waals surface area contributed by atoms with Crippen LogP contribution in [0.15, 0.2) is 42.5 Å². The van der Waals surface area contributed by atoms with Gasteiger partial charge in [-0.15, -0.1) is 0 Å². The van der Waals surface area contributed by atoms with Crippen molar-refractivity contribution in [3.8, 4) is 11.5 Å². The second-order valence-electron chi connectivity index (χ2n) is 7.14. The van der Waals surface area contributed by atoms with Crippen molar-refractivity contribution < 1.29 is 19.0 Å². The molecule has 2 aliphatic heterocycles. The Hall–Kier alpha value is -2.99. The van der Waals surface area contributed by atoms with Crippen LogP contribution in [0.5, 0.6) is 11.5 Å². The maximum absolute atomic E-state index is 12.4. The summed E-state index contributed by atoms with van der Waals surface area (Å²) in [5.74, 6) is 1.19. The highest BCUT2D eigenvalue weighted by atomic mass is 16.7. The number of methoxy groups -OCH3 is 1. The molecule has 6 heteroatoms. The number of carbonyl (C=O) groups is 1. The standard InChI is InChI=1S/C21H20N2O4/c1-21(12-7-8-17-18(9-12)27-11-26-17)19-14(10-16(23-21)20(24)25-2)13-5-3-4-6-15(13)22-19/h3-9,16,22-23H,10-11H2,1-2H3/t16-,21?/m1/s1. The lowest BCUT2D eigenvalue weighted by atomic mass is 9.80. The Morgan fingerprint density at radius 1 is 1.19 bits per heavy atom. The first-order valence-corrected chi connectivity index (χ1v) is 8.96. The fourth-order valence-electron chi connectivity index (χ4n) is 4.23. The van der Waals surface area contributed by atoms with Crippen molar-refractivity contribution in [2.45, 2.75) is 24.9 Å². The number of aromatic nitrogens is 1. The fourth-order valence-corrected chi connectivity index (χ4v) is 4.23. The van der Waals surface area contributed by atoms with Gasteiger partial charge < -0.3 is 19.2 Å². The number of ether oxygens (including phenoxy) is 3. The Morgan fingerprint density at radius 3 is 2.85 bits per heavy atom. The minimum absolute atomic E-state index is 0.228. The number of rotatable bonds is 2. The van der Waals surface area contributed by atoms with Crippen molar-refractivity contribution in [2.24, 2.45) is 0 Å². The molecule has 27 heavy (non-hydrogen) atoms. The Balaban J connectivity index is 1.72. The second kappa shape index (κ2) is 5.76. The molecule has 0 bridgehead atoms. The van der Waals surface area contributed by atoms with Crippen molar-refractivity contribution in [1.82, 2.24) is 10.3 Å². The Labute approximate surface area is 156 Å². The molecule has 1 unspecified atom stereocenters. The number of para-hydroxylation sites is 1. The topological polar surface area (TPSA) is 72.6 Å². The van der Waals surface area contributed by atoms with Gasteiger partial charge in [0.1, 0.15) is 6.04 Å². The van der Waals surface area contributed by atoms with Gasteiger partial charge in [-0.25, -0.2) is 0 Å². The van der Waals surface area contributed by atoms with E-state index in [2.05, 4.69) is 29.4 Å². The summed E-state index contributed by atoms with van der Waals surface area (Å²) in [6.07, 6.45) is 0.576. The molecule has 1 aromatic heterocycles. The third-order valence-electron chi connectivity index (χ3n) is 5.62. The number of nitrogens with one attached hydrogen (secondary N) is 2. The molecule has 2 aliphatic rings. The zero-order valence-electron chi connectivity index (χ0n) is 15.2. The first-order chi connectivity index (χ1) is 13.1. The van der Waals surface area contributed by atoms with Crippen LogP contribution >= 0.6 is 0 Å². The zero-order valence-corrected chi connectivity index (χ0v) is 15.2. The lowest BCUT2D eigenvalue weighted by molar-refractivity contribution is -0.143. The molecular weight excluding hydrogens is 344 g/mol. The highest BCUT2D eigenvalue weighted by Gasteiger charge is 2.43. The van der Waals surface area contributed by atoms with E-state index in [-0.39, 0.29) is 12.8 Å². The van der Waals surface area contributed by atoms with Gasteiger partial charge in [0.15, 0.2) is 11.5 Å². The van der Waals surface area contributed by atoms with Crippen LogP contribution in [0.2, 0.25) is 0 Å². The predicted octanol–water partition coefficient (Wildman–Crippen LogP) is 2.85. The molecule has 0 saturated carbocycles. The van der Waals surface area contributed by atoms with Crippen molar-refractivity contribution in [2.75, 3.05) is 13.9 Å². The van der Waals surface area contributed by atoms with Gasteiger partial charge in [-0.05, 0) is 36.2 Å². The van der Waals surface area contributed by atoms with E-state index in [1.54, 1.807) is 0 Å². The van der Waals surface area contributed by atoms with Gasteiger partial charge in [0.25, 0.3) is 0 Å². The highest BCUT2D eigenvalue weighted by molar-refractivity contribution is 5.87. The van der Waals surface area contributed by atoms with Crippen molar-refractivity contribution >= 4 is 16.9 Å². The van der Waals surface area contributed by atoms with Gasteiger partial charge in [0.2, 0.25) is 6.79 Å². The quantitative estimate of drug-likeness (QED) is 0.684. The summed E-state index contributed by atoms with van der Waals surface area (Å²) in [6.45, 7) is 2.30. The van der Waals surface area contributed by atoms with E-state index in [0.29, 0.717) is 12.2 Å². The van der Waals surface area contributed by atoms with Gasteiger partial charge in [-0.3, -0.25) is 10.1 Å². The first kappa shape index (κ1) is 16.2. The smallest absolute Gasteiger partial charge is 0.323 e. The lowest BCUT2D eigenvalue weighted by Crippen LogP contribution is -2.55. The van der Waals surface area contributed by atoms with E-state index in [9.17, 15) is 4.79 Å². The maximum atomic E-state index is 12.4. The molecule has 2 aromatic carbocycles. The molecule has 138 valence electrons. The minimum atomic E-state index is -0.605. The summed E-state index contributed by atoms with van der Waals surface area (Å²) in [5.41, 5.74) is 3.64. The molecule has 0 spiro atoms. The molecule has 2 N–H and O–H groups in total. The number of benzene rings is 2. The van der Waals surface area contributed by atoms with Crippen LogP contribution in [0.1, 0.15) is 23.7 Å². The second-order valence-corrected chi connectivity index (χ2v) is 7.14. The van der Waals surface area contributed by atoms with E-state index in [4.69, 9.17) is 14.2 Å². The fraction of sp³-hybridized carbons (Fsp3) is 0.286. The largest absolute Gasteiger partial charge is 0.468 e. The monoisotopic (exact) mass is 364 g/mol. The van der Waals surface area contributed by atoms with Crippen LogP contribution < -0.4 is 14.8 Å². The van der Waals surface area contributed by atoms with E-state index < -0.39 is 11.6 Å². The van der Waals surface area contributed by atoms with Crippen LogP contribution in [-0.2, 0) is 21.5 Å². The van der Waals surface area contributed by atoms with Crippen LogP contribution in [-0.4, -0.2) is 30.9 Å². The third kappa shape index (κ3) is 2.33. The van der Waals surface area contributed by atoms with E-state index >= 15 is 0 Å². The normalized spacial score (nSPS) is 23.3. The number of hydrogen-bond donors (Lipinski definition) is 2. The van der Waals surface area contributed by atoms with Crippen LogP contribution in [0.25, 0.3) is 10.9 Å². The molecule has 0 fully saturated rings. The first-order valence-electron chi connectivity index (χ1n) is 8.96. The summed E-state index contributed by atoms with van der Waals surface area (Å²) in [5, 5.41) is 4.64. The molecule has 3 aromatic rings. The Bertz CT molecular complexity index is 1060. The number of fused-ring (bicyclic) bond motifs is 4. The lowest BCUT2D eigenvalue weighted by Gasteiger charge is -2.39. The summed E-state index contributed by atoms with van der Waals surface area (Å²) < 4.78 is 16.0. The molecule has 3 heterocycles. The molecule has 0 saturated heterocycles. The van der Waals surface area contributed by atoms with Crippen molar-refractivity contribution in [3.05, 3.63) is 59.3 Å². The number of aromatic amines is 1. The molecule has 0 amide bonds. The van der Waals surface area contributed by atoms with Gasteiger partial charge in [0, 0.05) is 23.0 Å². The summed E-state index contributed by atoms with van der Waals surface area (Å²) >= 11 is 0. The summed E-state index contributed by atoms with van der Waals surface area (Å²) in [6, 6.07) is 13.6. The predicted molar refractivity (Wildman–Crippen MR) is 100.0 cm³/mol. The maximum Gasteiger partial charge on any atom is 0.323 e. The molecule has 0 aliphatic carbocycles. The minimum Gasteiger partial charge on any atom is -0.468 e. The Morgan fingerprint density at radius 2 is 2.00 bits per heavy atom. The van der Waals surface area contributed by atoms with Crippen molar-refractivity contribution in [3.63, 3.8) is 0 Å². The van der Waals surface area contributed by atoms with E-state index in [1.807, 2.05) is 30.3 Å². The van der Waals surface area contributed by atoms with Crippen molar-refractivity contribution in [1.29, 1.82) is 0 Å². The van der Waals surface area contributed by atoms with E-state index in [0.717, 1.165) is 33.5 Å². The average molecular weight is 364 g/mol. The third-order valence-corrected chi connectivity index (χ3v) is 5.62. The molecule has 6 nitrogen and oxygen atoms in total. The molecule has 2 atom stereocenters. The Kier molecular flexibility index (Phi) is 3.45. The molecule has 0 radical (unpaired) electrons. The average Bonchev–Trinajstić information content (AvgIpc) is 3.31. The number of H-pyrrole nitrogens is 1. The number of esters is 1. The van der Waals surface area contributed by atoms with Crippen LogP contribution in [0.3, 0.4) is 0 Å². The zero-order chi connectivity index (χ0) is 18.6. The number of hydrogen-bond acceptors (Lipinski definition) is 5. The van der Waals surface area contributed by atoms with Crippen LogP contribution in [0.4, 0.5) is 0 Å². The van der Waals surface area contributed by atoms with Gasteiger partial charge in [-0.1, -0.05) is 24.3 Å². The molecular formula is C21H20N2O4. The van der Waals surface area contributed by atoms with Gasteiger partial charge in [-0.2, -0.15) is 0 Å². The molecule has 5 rings (SSSR count). The van der Waals surface area contributed by atoms with Gasteiger partial charge >= 0.3 is 5.97 Å². The SMILES string of the molecule is COC(=O)[C@H]1Cc2c([nH]c3ccccc23)C(C)(c2ccc3c(c2)OCO3)N1. The van der Waals surface area contributed by atoms with Gasteiger partial charge in [0.05, 0.1) is 12.6 Å².